The van der Waals surface area contributed by atoms with Crippen molar-refractivity contribution >= 4 is 17.2 Å². The molecule has 0 radical (unpaired) electrons. The number of amidine groups is 2. The predicted molar refractivity (Wildman–Crippen MR) is 191 cm³/mol. The molecule has 8 rings (SSSR count). The lowest BCUT2D eigenvalue weighted by Gasteiger charge is -2.33. The smallest absolute Gasteiger partial charge is 0.159 e. The highest BCUT2D eigenvalue weighted by molar-refractivity contribution is 6.13. The lowest BCUT2D eigenvalue weighted by molar-refractivity contribution is 0.350. The molecule has 0 bridgehead atoms. The standard InChI is InChI=1S/C43H39N3/c1-43(2)38-23-11-10-22-36(38)37-25-24-34(28-39(37)43)32-19-12-18-31(26-32)33-20-13-21-35(27-33)40-44-41(29-14-6-4-7-15-29)46(3)42(45-40)30-16-8-5-9-17-30/h4-23,26-28,37,39,41H,24-25H2,1-3H3. The molecule has 0 aromatic heterocycles. The molecule has 3 heteroatoms. The van der Waals surface area contributed by atoms with Crippen molar-refractivity contribution in [3.05, 3.63) is 173 Å². The summed E-state index contributed by atoms with van der Waals surface area (Å²) in [5.41, 5.74) is 11.7. The van der Waals surface area contributed by atoms with Crippen LogP contribution in [0.4, 0.5) is 0 Å². The zero-order valence-electron chi connectivity index (χ0n) is 26.8. The van der Waals surface area contributed by atoms with Gasteiger partial charge in [0.25, 0.3) is 0 Å². The van der Waals surface area contributed by atoms with Crippen molar-refractivity contribution in [3.8, 4) is 11.1 Å². The lowest BCUT2D eigenvalue weighted by atomic mass is 9.70. The van der Waals surface area contributed by atoms with Crippen molar-refractivity contribution in [3.63, 3.8) is 0 Å². The van der Waals surface area contributed by atoms with Crippen molar-refractivity contribution in [2.45, 2.75) is 44.2 Å². The molecule has 3 nitrogen and oxygen atoms in total. The molecule has 0 N–H and O–H groups in total. The molecule has 0 amide bonds. The monoisotopic (exact) mass is 597 g/mol. The van der Waals surface area contributed by atoms with Gasteiger partial charge in [0.05, 0.1) is 0 Å². The average Bonchev–Trinajstić information content (AvgIpc) is 3.35. The van der Waals surface area contributed by atoms with Crippen LogP contribution in [0.15, 0.2) is 150 Å². The molecule has 3 atom stereocenters. The van der Waals surface area contributed by atoms with E-state index in [0.29, 0.717) is 11.8 Å². The summed E-state index contributed by atoms with van der Waals surface area (Å²) >= 11 is 0. The summed E-state index contributed by atoms with van der Waals surface area (Å²) in [5.74, 6) is 2.82. The molecule has 0 saturated heterocycles. The Morgan fingerprint density at radius 3 is 2.02 bits per heavy atom. The maximum absolute atomic E-state index is 5.21. The van der Waals surface area contributed by atoms with Gasteiger partial charge in [-0.05, 0) is 81.2 Å². The highest BCUT2D eigenvalue weighted by atomic mass is 15.3. The van der Waals surface area contributed by atoms with E-state index in [1.807, 2.05) is 6.07 Å². The van der Waals surface area contributed by atoms with Crippen LogP contribution in [0.25, 0.3) is 16.7 Å². The maximum atomic E-state index is 5.21. The molecule has 3 unspecified atom stereocenters. The molecule has 5 aromatic rings. The van der Waals surface area contributed by atoms with Crippen LogP contribution in [-0.4, -0.2) is 23.6 Å². The molecule has 3 aliphatic rings. The topological polar surface area (TPSA) is 28.0 Å². The summed E-state index contributed by atoms with van der Waals surface area (Å²) in [7, 11) is 2.08. The zero-order valence-corrected chi connectivity index (χ0v) is 26.8. The van der Waals surface area contributed by atoms with Crippen molar-refractivity contribution < 1.29 is 0 Å². The van der Waals surface area contributed by atoms with Crippen molar-refractivity contribution in [1.29, 1.82) is 0 Å². The summed E-state index contributed by atoms with van der Waals surface area (Å²) < 4.78 is 0. The minimum Gasteiger partial charge on any atom is -0.333 e. The molecule has 5 aromatic carbocycles. The Morgan fingerprint density at radius 2 is 1.26 bits per heavy atom. The summed E-state index contributed by atoms with van der Waals surface area (Å²) in [5, 5.41) is 0. The number of benzene rings is 5. The van der Waals surface area contributed by atoms with E-state index in [9.17, 15) is 0 Å². The van der Waals surface area contributed by atoms with E-state index >= 15 is 0 Å². The number of hydrogen-bond donors (Lipinski definition) is 0. The third-order valence-corrected chi connectivity index (χ3v) is 10.4. The van der Waals surface area contributed by atoms with Crippen molar-refractivity contribution in [1.82, 2.24) is 4.90 Å². The first kappa shape index (κ1) is 28.5. The van der Waals surface area contributed by atoms with Crippen LogP contribution in [0.3, 0.4) is 0 Å². The first-order valence-corrected chi connectivity index (χ1v) is 16.5. The molecule has 0 saturated carbocycles. The van der Waals surface area contributed by atoms with Crippen molar-refractivity contribution in [2.24, 2.45) is 15.9 Å². The molecule has 2 aliphatic carbocycles. The van der Waals surface area contributed by atoms with Crippen LogP contribution in [0.1, 0.15) is 72.2 Å². The van der Waals surface area contributed by atoms with Gasteiger partial charge in [0.2, 0.25) is 0 Å². The van der Waals surface area contributed by atoms with Crippen LogP contribution in [0.5, 0.6) is 0 Å². The first-order chi connectivity index (χ1) is 22.5. The van der Waals surface area contributed by atoms with Gasteiger partial charge in [0, 0.05) is 18.2 Å². The van der Waals surface area contributed by atoms with Gasteiger partial charge in [-0.2, -0.15) is 0 Å². The largest absolute Gasteiger partial charge is 0.333 e. The molecule has 0 fully saturated rings. The van der Waals surface area contributed by atoms with E-state index in [-0.39, 0.29) is 11.6 Å². The third kappa shape index (κ3) is 4.91. The van der Waals surface area contributed by atoms with Gasteiger partial charge in [-0.15, -0.1) is 0 Å². The fourth-order valence-corrected chi connectivity index (χ4v) is 7.97. The summed E-state index contributed by atoms with van der Waals surface area (Å²) in [6, 6.07) is 47.9. The Balaban J connectivity index is 1.14. The first-order valence-electron chi connectivity index (χ1n) is 16.5. The quantitative estimate of drug-likeness (QED) is 0.198. The Labute approximate surface area is 272 Å². The molecule has 46 heavy (non-hydrogen) atoms. The number of fused-ring (bicyclic) bond motifs is 3. The van der Waals surface area contributed by atoms with Gasteiger partial charge >= 0.3 is 0 Å². The third-order valence-electron chi connectivity index (χ3n) is 10.4. The Bertz CT molecular complexity index is 2000. The highest BCUT2D eigenvalue weighted by Gasteiger charge is 2.46. The molecular weight excluding hydrogens is 558 g/mol. The van der Waals surface area contributed by atoms with Crippen LogP contribution in [0, 0.1) is 5.92 Å². The van der Waals surface area contributed by atoms with Gasteiger partial charge in [-0.3, -0.25) is 0 Å². The lowest BCUT2D eigenvalue weighted by Crippen LogP contribution is -2.35. The maximum Gasteiger partial charge on any atom is 0.159 e. The van der Waals surface area contributed by atoms with E-state index in [1.54, 1.807) is 5.56 Å². The summed E-state index contributed by atoms with van der Waals surface area (Å²) in [4.78, 5) is 12.5. The predicted octanol–water partition coefficient (Wildman–Crippen LogP) is 10.1. The summed E-state index contributed by atoms with van der Waals surface area (Å²) in [6.07, 6.45) is 4.75. The Hall–Kier alpha value is -5.02. The second-order valence-corrected chi connectivity index (χ2v) is 13.5. The van der Waals surface area contributed by atoms with Gasteiger partial charge in [0.1, 0.15) is 12.0 Å². The SMILES string of the molecule is CN1C(c2ccccc2)=NC(c2cccc(-c3cccc(C4=CC5C(CC4)c4ccccc4C5(C)C)c3)c2)=NC1c1ccccc1. The molecular formula is C43H39N3. The van der Waals surface area contributed by atoms with Gasteiger partial charge in [-0.1, -0.05) is 141 Å². The average molecular weight is 598 g/mol. The number of rotatable bonds is 5. The van der Waals surface area contributed by atoms with E-state index in [4.69, 9.17) is 9.98 Å². The Morgan fingerprint density at radius 1 is 0.652 bits per heavy atom. The van der Waals surface area contributed by atoms with E-state index in [2.05, 4.69) is 159 Å². The molecule has 1 heterocycles. The van der Waals surface area contributed by atoms with Gasteiger partial charge in [-0.25, -0.2) is 9.98 Å². The number of nitrogens with zero attached hydrogens (tertiary/aromatic N) is 3. The highest BCUT2D eigenvalue weighted by Crippen LogP contribution is 2.56. The fraction of sp³-hybridized carbons (Fsp3) is 0.209. The summed E-state index contributed by atoms with van der Waals surface area (Å²) in [6.45, 7) is 4.86. The van der Waals surface area contributed by atoms with Crippen LogP contribution >= 0.6 is 0 Å². The van der Waals surface area contributed by atoms with E-state index in [0.717, 1.165) is 34.8 Å². The fourth-order valence-electron chi connectivity index (χ4n) is 7.97. The zero-order chi connectivity index (χ0) is 31.3. The minimum atomic E-state index is -0.163. The molecule has 226 valence electrons. The van der Waals surface area contributed by atoms with E-state index in [1.165, 1.54) is 34.2 Å². The number of aliphatic imine (C=N–C) groups is 2. The van der Waals surface area contributed by atoms with Crippen LogP contribution in [-0.2, 0) is 5.41 Å². The van der Waals surface area contributed by atoms with Gasteiger partial charge in [0.15, 0.2) is 5.84 Å². The molecule has 0 spiro atoms. The second kappa shape index (κ2) is 11.4. The molecule has 1 aliphatic heterocycles. The Kier molecular flexibility index (Phi) is 7.06. The van der Waals surface area contributed by atoms with Crippen molar-refractivity contribution in [2.75, 3.05) is 7.05 Å². The van der Waals surface area contributed by atoms with Gasteiger partial charge < -0.3 is 4.90 Å². The second-order valence-electron chi connectivity index (χ2n) is 13.5. The number of hydrogen-bond acceptors (Lipinski definition) is 3. The minimum absolute atomic E-state index is 0.143. The van der Waals surface area contributed by atoms with E-state index < -0.39 is 0 Å². The number of allylic oxidation sites excluding steroid dienone is 2. The van der Waals surface area contributed by atoms with Crippen LogP contribution < -0.4 is 0 Å². The van der Waals surface area contributed by atoms with Crippen LogP contribution in [0.2, 0.25) is 0 Å². The normalized spacial score (nSPS) is 21.5.